The van der Waals surface area contributed by atoms with Gasteiger partial charge in [0.05, 0.1) is 19.2 Å². The molecule has 0 fully saturated rings. The highest BCUT2D eigenvalue weighted by Gasteiger charge is 2.31. The van der Waals surface area contributed by atoms with Gasteiger partial charge in [-0.15, -0.1) is 12.6 Å². The first-order valence-corrected chi connectivity index (χ1v) is 11.2. The van der Waals surface area contributed by atoms with Gasteiger partial charge in [0.25, 0.3) is 0 Å². The lowest BCUT2D eigenvalue weighted by Crippen LogP contribution is -2.41. The molecule has 0 bridgehead atoms. The summed E-state index contributed by atoms with van der Waals surface area (Å²) in [5, 5.41) is 1.05. The number of para-hydroxylation sites is 1. The Morgan fingerprint density at radius 1 is 1.00 bits per heavy atom. The average Bonchev–Trinajstić information content (AvgIpc) is 3.22. The van der Waals surface area contributed by atoms with E-state index in [0.29, 0.717) is 18.5 Å². The van der Waals surface area contributed by atoms with Crippen LogP contribution in [0.1, 0.15) is 32.8 Å². The topological polar surface area (TPSA) is 135 Å². The largest absolute Gasteiger partial charge is 0.466 e. The summed E-state index contributed by atoms with van der Waals surface area (Å²) in [6, 6.07) is 17.7. The Morgan fingerprint density at radius 2 is 1.63 bits per heavy atom. The van der Waals surface area contributed by atoms with Gasteiger partial charge in [0.2, 0.25) is 0 Å². The van der Waals surface area contributed by atoms with Crippen molar-refractivity contribution in [2.75, 3.05) is 20.2 Å². The molecule has 8 nitrogen and oxygen atoms in total. The van der Waals surface area contributed by atoms with Crippen LogP contribution < -0.4 is 0 Å². The molecule has 35 heavy (non-hydrogen) atoms. The van der Waals surface area contributed by atoms with Crippen molar-refractivity contribution in [2.24, 2.45) is 0 Å². The van der Waals surface area contributed by atoms with E-state index in [4.69, 9.17) is 9.47 Å². The summed E-state index contributed by atoms with van der Waals surface area (Å²) in [6.45, 7) is 6.14. The molecule has 1 aromatic heterocycles. The van der Waals surface area contributed by atoms with Crippen LogP contribution >= 0.6 is 12.6 Å². The number of hydrogen-bond donors (Lipinski definition) is 2. The van der Waals surface area contributed by atoms with Crippen molar-refractivity contribution in [1.29, 1.82) is 0 Å². The number of nitrogens with one attached hydrogen (secondary N) is 1. The third-order valence-corrected chi connectivity index (χ3v) is 5.40. The first kappa shape index (κ1) is 29.8. The van der Waals surface area contributed by atoms with E-state index < -0.39 is 17.7 Å². The zero-order valence-electron chi connectivity index (χ0n) is 20.4. The van der Waals surface area contributed by atoms with Crippen molar-refractivity contribution >= 4 is 41.2 Å². The summed E-state index contributed by atoms with van der Waals surface area (Å²) < 4.78 is 10.4. The Balaban J connectivity index is 0.000000588. The van der Waals surface area contributed by atoms with Crippen LogP contribution in [0.25, 0.3) is 16.5 Å². The summed E-state index contributed by atoms with van der Waals surface area (Å²) in [5.41, 5.74) is 2.81. The number of aromatic nitrogens is 1. The molecule has 3 aromatic rings. The van der Waals surface area contributed by atoms with E-state index >= 15 is 0 Å². The maximum absolute atomic E-state index is 12.4. The van der Waals surface area contributed by atoms with Gasteiger partial charge >= 0.3 is 12.1 Å². The van der Waals surface area contributed by atoms with Gasteiger partial charge in [-0.1, -0.05) is 36.4 Å². The fraction of sp³-hybridized carbons (Fsp3) is 0.308. The number of ether oxygens (including phenoxy) is 2. The number of carbonyl (C=O) groups is 2. The Morgan fingerprint density at radius 3 is 2.20 bits per heavy atom. The second-order valence-corrected chi connectivity index (χ2v) is 9.20. The molecule has 0 radical (unpaired) electrons. The molecule has 9 heteroatoms. The quantitative estimate of drug-likeness (QED) is 0.403. The second-order valence-electron chi connectivity index (χ2n) is 8.68. The Bertz CT molecular complexity index is 1150. The van der Waals surface area contributed by atoms with Crippen LogP contribution in [-0.4, -0.2) is 58.7 Å². The van der Waals surface area contributed by atoms with Crippen molar-refractivity contribution in [3.63, 3.8) is 0 Å². The molecule has 2 aromatic carbocycles. The Labute approximate surface area is 210 Å². The SMILES string of the molecule is COC(=O)C1=C(c2c[nH]c3ccccc23)CCN(C(=O)OC(C)(C)C)C1.O.O.Sc1ccccc1. The van der Waals surface area contributed by atoms with E-state index in [1.165, 1.54) is 7.11 Å². The maximum atomic E-state index is 12.4. The number of benzene rings is 2. The second kappa shape index (κ2) is 13.0. The van der Waals surface area contributed by atoms with Crippen molar-refractivity contribution in [2.45, 2.75) is 37.7 Å². The lowest BCUT2D eigenvalue weighted by Gasteiger charge is -2.31. The first-order valence-electron chi connectivity index (χ1n) is 10.8. The minimum Gasteiger partial charge on any atom is -0.466 e. The molecule has 4 rings (SSSR count). The molecule has 5 N–H and O–H groups in total. The standard InChI is InChI=1S/C20H24N2O4.C6H6S.2H2O/c1-20(2,3)26-19(24)22-10-9-13(16(12-22)18(23)25-4)15-11-21-17-8-6-5-7-14(15)17;7-6-4-2-1-3-5-6;;/h5-8,11,21H,9-10,12H2,1-4H3;1-5,7H;2*1H2. The normalized spacial score (nSPS) is 13.1. The third-order valence-electron chi connectivity index (χ3n) is 5.10. The summed E-state index contributed by atoms with van der Waals surface area (Å²) >= 11 is 4.08. The molecule has 0 atom stereocenters. The van der Waals surface area contributed by atoms with E-state index in [9.17, 15) is 9.59 Å². The number of esters is 1. The number of carbonyl (C=O) groups excluding carboxylic acids is 2. The zero-order chi connectivity index (χ0) is 24.0. The van der Waals surface area contributed by atoms with Gasteiger partial charge < -0.3 is 30.3 Å². The molecule has 0 spiro atoms. The van der Waals surface area contributed by atoms with Crippen LogP contribution in [-0.2, 0) is 14.3 Å². The number of aromatic amines is 1. The molecular weight excluding hydrogens is 468 g/mol. The van der Waals surface area contributed by atoms with Crippen LogP contribution in [0.4, 0.5) is 4.79 Å². The number of thiol groups is 1. The van der Waals surface area contributed by atoms with Crippen molar-refractivity contribution < 1.29 is 30.0 Å². The van der Waals surface area contributed by atoms with Crippen molar-refractivity contribution in [3.05, 3.63) is 71.9 Å². The number of H-pyrrole nitrogens is 1. The number of nitrogens with zero attached hydrogens (tertiary/aromatic N) is 1. The van der Waals surface area contributed by atoms with Gasteiger partial charge in [0.15, 0.2) is 0 Å². The van der Waals surface area contributed by atoms with Gasteiger partial charge in [0, 0.05) is 34.1 Å². The average molecular weight is 503 g/mol. The highest BCUT2D eigenvalue weighted by molar-refractivity contribution is 7.80. The van der Waals surface area contributed by atoms with E-state index in [1.54, 1.807) is 4.90 Å². The molecule has 2 heterocycles. The molecule has 0 aliphatic carbocycles. The van der Waals surface area contributed by atoms with Crippen molar-refractivity contribution in [3.8, 4) is 0 Å². The first-order chi connectivity index (χ1) is 15.7. The molecule has 1 aliphatic rings. The summed E-state index contributed by atoms with van der Waals surface area (Å²) in [4.78, 5) is 30.6. The molecule has 0 saturated carbocycles. The number of methoxy groups -OCH3 is 1. The van der Waals surface area contributed by atoms with Gasteiger partial charge in [0.1, 0.15) is 5.60 Å². The van der Waals surface area contributed by atoms with Crippen LogP contribution in [0.15, 0.2) is 71.3 Å². The predicted molar refractivity (Wildman–Crippen MR) is 141 cm³/mol. The minimum absolute atomic E-state index is 0. The smallest absolute Gasteiger partial charge is 0.410 e. The van der Waals surface area contributed by atoms with E-state index in [1.807, 2.05) is 81.6 Å². The van der Waals surface area contributed by atoms with Crippen LogP contribution in [0.2, 0.25) is 0 Å². The molecule has 1 aliphatic heterocycles. The molecule has 0 unspecified atom stereocenters. The van der Waals surface area contributed by atoms with Crippen LogP contribution in [0, 0.1) is 0 Å². The van der Waals surface area contributed by atoms with E-state index in [0.717, 1.165) is 26.9 Å². The lowest BCUT2D eigenvalue weighted by molar-refractivity contribution is -0.136. The predicted octanol–water partition coefficient (Wildman–Crippen LogP) is 4.06. The Hall–Kier alpha value is -3.27. The van der Waals surface area contributed by atoms with Gasteiger partial charge in [-0.2, -0.15) is 0 Å². The van der Waals surface area contributed by atoms with E-state index in [-0.39, 0.29) is 17.5 Å². The Kier molecular flexibility index (Phi) is 11.0. The monoisotopic (exact) mass is 502 g/mol. The van der Waals surface area contributed by atoms with Gasteiger partial charge in [-0.05, 0) is 51.0 Å². The number of hydrogen-bond acceptors (Lipinski definition) is 5. The zero-order valence-corrected chi connectivity index (χ0v) is 21.3. The van der Waals surface area contributed by atoms with Gasteiger partial charge in [-0.3, -0.25) is 0 Å². The van der Waals surface area contributed by atoms with Gasteiger partial charge in [-0.25, -0.2) is 9.59 Å². The molecule has 1 amide bonds. The maximum Gasteiger partial charge on any atom is 0.410 e. The number of amides is 1. The summed E-state index contributed by atoms with van der Waals surface area (Å²) in [7, 11) is 1.36. The third kappa shape index (κ3) is 7.88. The summed E-state index contributed by atoms with van der Waals surface area (Å²) in [5.74, 6) is -0.418. The van der Waals surface area contributed by atoms with E-state index in [2.05, 4.69) is 17.6 Å². The van der Waals surface area contributed by atoms with Crippen molar-refractivity contribution in [1.82, 2.24) is 9.88 Å². The lowest BCUT2D eigenvalue weighted by atomic mass is 9.93. The fourth-order valence-corrected chi connectivity index (χ4v) is 3.77. The minimum atomic E-state index is -0.580. The fourth-order valence-electron chi connectivity index (χ4n) is 3.60. The molecule has 0 saturated heterocycles. The molecule has 190 valence electrons. The molecular formula is C26H34N2O6S. The van der Waals surface area contributed by atoms with Crippen LogP contribution in [0.5, 0.6) is 0 Å². The number of fused-ring (bicyclic) bond motifs is 1. The van der Waals surface area contributed by atoms with Crippen LogP contribution in [0.3, 0.4) is 0 Å². The highest BCUT2D eigenvalue weighted by Crippen LogP contribution is 2.33. The highest BCUT2D eigenvalue weighted by atomic mass is 32.1. The number of rotatable bonds is 2. The summed E-state index contributed by atoms with van der Waals surface area (Å²) in [6.07, 6.45) is 2.05.